The Balaban J connectivity index is 4.42. The molecular formula is C6H16NO7S+. The van der Waals surface area contributed by atoms with Gasteiger partial charge >= 0.3 is 0 Å². The Bertz CT molecular complexity index is 265. The lowest BCUT2D eigenvalue weighted by Crippen LogP contribution is -2.55. The van der Waals surface area contributed by atoms with Gasteiger partial charge in [-0.25, -0.2) is 0 Å². The van der Waals surface area contributed by atoms with Crippen LogP contribution in [0, 0.1) is 0 Å². The zero-order valence-electron chi connectivity index (χ0n) is 8.02. The van der Waals surface area contributed by atoms with Crippen molar-refractivity contribution in [2.24, 2.45) is 0 Å². The molecule has 92 valence electrons. The summed E-state index contributed by atoms with van der Waals surface area (Å²) in [5.74, 6) is -0.910. The van der Waals surface area contributed by atoms with E-state index in [-0.39, 0.29) is 6.54 Å². The number of hydrogen-bond donors (Lipinski definition) is 5. The van der Waals surface area contributed by atoms with E-state index in [1.165, 1.54) is 0 Å². The highest BCUT2D eigenvalue weighted by Gasteiger charge is 2.30. The van der Waals surface area contributed by atoms with Gasteiger partial charge in [0, 0.05) is 0 Å². The molecule has 0 bridgehead atoms. The minimum Gasteiger partial charge on any atom is -0.386 e. The van der Waals surface area contributed by atoms with E-state index in [9.17, 15) is 13.5 Å². The van der Waals surface area contributed by atoms with E-state index >= 15 is 0 Å². The zero-order valence-corrected chi connectivity index (χ0v) is 8.84. The third-order valence-electron chi connectivity index (χ3n) is 1.90. The van der Waals surface area contributed by atoms with Gasteiger partial charge in [-0.2, -0.15) is 8.42 Å². The minimum absolute atomic E-state index is 0.386. The van der Waals surface area contributed by atoms with Crippen LogP contribution in [0.15, 0.2) is 0 Å². The van der Waals surface area contributed by atoms with Crippen molar-refractivity contribution in [1.82, 2.24) is 0 Å². The SMILES string of the molecule is O=S(=O)(O)CC(O)C[N+](CO)(CO)CO. The van der Waals surface area contributed by atoms with Gasteiger partial charge in [-0.1, -0.05) is 0 Å². The van der Waals surface area contributed by atoms with Crippen molar-refractivity contribution in [2.45, 2.75) is 6.10 Å². The van der Waals surface area contributed by atoms with Crippen molar-refractivity contribution in [3.63, 3.8) is 0 Å². The van der Waals surface area contributed by atoms with Crippen molar-refractivity contribution >= 4 is 10.1 Å². The van der Waals surface area contributed by atoms with Gasteiger partial charge in [-0.05, 0) is 0 Å². The third-order valence-corrected chi connectivity index (χ3v) is 2.71. The van der Waals surface area contributed by atoms with Gasteiger partial charge in [0.25, 0.3) is 10.1 Å². The fourth-order valence-corrected chi connectivity index (χ4v) is 1.64. The first-order valence-electron chi connectivity index (χ1n) is 4.09. The number of hydrogen-bond acceptors (Lipinski definition) is 6. The predicted molar refractivity (Wildman–Crippen MR) is 48.8 cm³/mol. The van der Waals surface area contributed by atoms with E-state index < -0.39 is 46.7 Å². The number of aliphatic hydroxyl groups excluding tert-OH is 4. The summed E-state index contributed by atoms with van der Waals surface area (Å²) in [4.78, 5) is 0. The molecule has 0 saturated carbocycles. The van der Waals surface area contributed by atoms with Crippen LogP contribution in [0.4, 0.5) is 0 Å². The number of aliphatic hydroxyl groups is 4. The van der Waals surface area contributed by atoms with Crippen LogP contribution in [-0.4, -0.2) is 76.5 Å². The highest BCUT2D eigenvalue weighted by atomic mass is 32.2. The van der Waals surface area contributed by atoms with Crippen LogP contribution in [0.3, 0.4) is 0 Å². The Kier molecular flexibility index (Phi) is 5.59. The van der Waals surface area contributed by atoms with Gasteiger partial charge in [-0.15, -0.1) is 0 Å². The average molecular weight is 246 g/mol. The maximum atomic E-state index is 10.4. The van der Waals surface area contributed by atoms with Crippen LogP contribution >= 0.6 is 0 Å². The van der Waals surface area contributed by atoms with Crippen molar-refractivity contribution in [3.05, 3.63) is 0 Å². The Morgan fingerprint density at radius 2 is 1.47 bits per heavy atom. The molecule has 5 N–H and O–H groups in total. The molecule has 9 heteroatoms. The lowest BCUT2D eigenvalue weighted by atomic mass is 10.3. The van der Waals surface area contributed by atoms with Gasteiger partial charge in [0.05, 0.1) is 0 Å². The molecule has 0 rings (SSSR count). The highest BCUT2D eigenvalue weighted by Crippen LogP contribution is 2.05. The highest BCUT2D eigenvalue weighted by molar-refractivity contribution is 7.85. The molecule has 0 aromatic heterocycles. The molecule has 1 unspecified atom stereocenters. The van der Waals surface area contributed by atoms with Crippen molar-refractivity contribution in [3.8, 4) is 0 Å². The van der Waals surface area contributed by atoms with Crippen molar-refractivity contribution < 1.29 is 37.9 Å². The van der Waals surface area contributed by atoms with Gasteiger partial charge in [0.1, 0.15) is 18.4 Å². The molecule has 15 heavy (non-hydrogen) atoms. The van der Waals surface area contributed by atoms with Crippen LogP contribution in [0.1, 0.15) is 0 Å². The average Bonchev–Trinajstić information content (AvgIpc) is 2.11. The molecule has 0 amide bonds. The summed E-state index contributed by atoms with van der Waals surface area (Å²) in [7, 11) is -4.33. The standard InChI is InChI=1S/C6H15NO7S/c8-3-7(4-9,5-10)1-6(11)2-15(12,13)14/h6,8-11H,1-5H2/p+1. The molecule has 0 aliphatic heterocycles. The second-order valence-electron chi connectivity index (χ2n) is 3.35. The normalized spacial score (nSPS) is 15.3. The molecule has 0 aliphatic carbocycles. The monoisotopic (exact) mass is 246 g/mol. The summed E-state index contributed by atoms with van der Waals surface area (Å²) in [6.45, 7) is -2.36. The minimum atomic E-state index is -4.33. The van der Waals surface area contributed by atoms with Crippen LogP contribution in [0.2, 0.25) is 0 Å². The number of quaternary nitrogens is 1. The fraction of sp³-hybridized carbons (Fsp3) is 1.00. The second kappa shape index (κ2) is 5.70. The van der Waals surface area contributed by atoms with Crippen molar-refractivity contribution in [2.75, 3.05) is 32.5 Å². The molecule has 8 nitrogen and oxygen atoms in total. The Hall–Kier alpha value is -0.290. The summed E-state index contributed by atoms with van der Waals surface area (Å²) in [5.41, 5.74) is 0. The van der Waals surface area contributed by atoms with E-state index in [4.69, 9.17) is 19.9 Å². The summed E-state index contributed by atoms with van der Waals surface area (Å²) in [5, 5.41) is 35.8. The molecule has 0 radical (unpaired) electrons. The first-order chi connectivity index (χ1) is 6.78. The third kappa shape index (κ3) is 5.37. The van der Waals surface area contributed by atoms with Gasteiger partial charge in [0.15, 0.2) is 20.2 Å². The van der Waals surface area contributed by atoms with E-state index in [0.717, 1.165) is 0 Å². The molecular weight excluding hydrogens is 230 g/mol. The summed E-state index contributed by atoms with van der Waals surface area (Å²) < 4.78 is 28.5. The maximum absolute atomic E-state index is 10.4. The maximum Gasteiger partial charge on any atom is 0.267 e. The topological polar surface area (TPSA) is 135 Å². The molecule has 1 atom stereocenters. The first-order valence-corrected chi connectivity index (χ1v) is 5.70. The smallest absolute Gasteiger partial charge is 0.267 e. The molecule has 0 spiro atoms. The van der Waals surface area contributed by atoms with E-state index in [0.29, 0.717) is 0 Å². The predicted octanol–water partition coefficient (Wildman–Crippen LogP) is -3.10. The van der Waals surface area contributed by atoms with Crippen molar-refractivity contribution in [1.29, 1.82) is 0 Å². The van der Waals surface area contributed by atoms with Crippen LogP contribution in [0.25, 0.3) is 0 Å². The lowest BCUT2D eigenvalue weighted by Gasteiger charge is -2.33. The fourth-order valence-electron chi connectivity index (χ4n) is 1.05. The number of nitrogens with zero attached hydrogens (tertiary/aromatic N) is 1. The molecule has 0 saturated heterocycles. The van der Waals surface area contributed by atoms with Gasteiger partial charge in [-0.3, -0.25) is 9.04 Å². The molecule has 0 fully saturated rings. The Morgan fingerprint density at radius 1 is 1.07 bits per heavy atom. The molecule has 0 heterocycles. The largest absolute Gasteiger partial charge is 0.386 e. The summed E-state index contributed by atoms with van der Waals surface area (Å²) >= 11 is 0. The van der Waals surface area contributed by atoms with Gasteiger partial charge < -0.3 is 20.4 Å². The molecule has 0 aromatic carbocycles. The van der Waals surface area contributed by atoms with E-state index in [2.05, 4.69) is 0 Å². The molecule has 0 aliphatic rings. The Morgan fingerprint density at radius 3 is 1.73 bits per heavy atom. The number of rotatable bonds is 7. The second-order valence-corrected chi connectivity index (χ2v) is 4.85. The van der Waals surface area contributed by atoms with E-state index in [1.54, 1.807) is 0 Å². The Labute approximate surface area is 87.3 Å². The van der Waals surface area contributed by atoms with Crippen LogP contribution in [0.5, 0.6) is 0 Å². The molecule has 0 aromatic rings. The van der Waals surface area contributed by atoms with Crippen LogP contribution < -0.4 is 0 Å². The van der Waals surface area contributed by atoms with E-state index in [1.807, 2.05) is 0 Å². The quantitative estimate of drug-likeness (QED) is 0.182. The lowest BCUT2D eigenvalue weighted by molar-refractivity contribution is -0.978. The summed E-state index contributed by atoms with van der Waals surface area (Å²) in [6.07, 6.45) is -1.48. The first kappa shape index (κ1) is 14.7. The van der Waals surface area contributed by atoms with Crippen LogP contribution in [-0.2, 0) is 10.1 Å². The summed E-state index contributed by atoms with van der Waals surface area (Å²) in [6, 6.07) is 0. The van der Waals surface area contributed by atoms with Gasteiger partial charge in [0.2, 0.25) is 0 Å². The zero-order chi connectivity index (χ0) is 12.1.